The Bertz CT molecular complexity index is 356. The van der Waals surface area contributed by atoms with Gasteiger partial charge in [0.05, 0.1) is 18.4 Å². The predicted octanol–water partition coefficient (Wildman–Crippen LogP) is 1.05. The number of hydrogen-bond donors (Lipinski definition) is 0. The zero-order chi connectivity index (χ0) is 12.6. The Morgan fingerprint density at radius 3 is 2.50 bits per heavy atom. The topological polar surface area (TPSA) is 84.2 Å². The number of carbonyl (C=O) groups excluding carboxylic acids is 1. The van der Waals surface area contributed by atoms with Crippen LogP contribution < -0.4 is 0 Å². The molecule has 0 saturated heterocycles. The summed E-state index contributed by atoms with van der Waals surface area (Å²) in [5.41, 5.74) is 0. The first-order valence-electron chi connectivity index (χ1n) is 5.24. The molecule has 0 heterocycles. The van der Waals surface area contributed by atoms with Crippen LogP contribution in [0, 0.1) is 11.3 Å². The molecule has 5 nitrogen and oxygen atoms in total. The zero-order valence-corrected chi connectivity index (χ0v) is 10.4. The van der Waals surface area contributed by atoms with Gasteiger partial charge in [-0.25, -0.2) is 8.42 Å². The molecule has 0 saturated carbocycles. The Hall–Kier alpha value is -1.09. The van der Waals surface area contributed by atoms with Crippen molar-refractivity contribution in [1.82, 2.24) is 0 Å². The van der Waals surface area contributed by atoms with E-state index in [4.69, 9.17) is 10.00 Å². The van der Waals surface area contributed by atoms with Crippen molar-refractivity contribution >= 4 is 15.8 Å². The fraction of sp³-hybridized carbons (Fsp3) is 0.800. The van der Waals surface area contributed by atoms with Gasteiger partial charge in [-0.15, -0.1) is 0 Å². The Labute approximate surface area is 96.3 Å². The van der Waals surface area contributed by atoms with Crippen molar-refractivity contribution in [3.05, 3.63) is 0 Å². The van der Waals surface area contributed by atoms with Crippen molar-refractivity contribution < 1.29 is 17.9 Å². The van der Waals surface area contributed by atoms with Crippen LogP contribution in [-0.4, -0.2) is 32.0 Å². The number of hydrogen-bond acceptors (Lipinski definition) is 5. The van der Waals surface area contributed by atoms with E-state index in [1.165, 1.54) is 0 Å². The smallest absolute Gasteiger partial charge is 0.324 e. The summed E-state index contributed by atoms with van der Waals surface area (Å²) in [4.78, 5) is 11.5. The van der Waals surface area contributed by atoms with Gasteiger partial charge in [0.15, 0.2) is 15.1 Å². The highest BCUT2D eigenvalue weighted by molar-refractivity contribution is 7.92. The molecule has 0 spiro atoms. The van der Waals surface area contributed by atoms with Crippen molar-refractivity contribution in [3.63, 3.8) is 0 Å². The van der Waals surface area contributed by atoms with Crippen LogP contribution in [0.1, 0.15) is 33.1 Å². The molecule has 0 aromatic rings. The van der Waals surface area contributed by atoms with Crippen LogP contribution in [0.2, 0.25) is 0 Å². The van der Waals surface area contributed by atoms with E-state index in [-0.39, 0.29) is 25.2 Å². The Morgan fingerprint density at radius 1 is 1.44 bits per heavy atom. The predicted molar refractivity (Wildman–Crippen MR) is 59.3 cm³/mol. The Morgan fingerprint density at radius 2 is 2.06 bits per heavy atom. The lowest BCUT2D eigenvalue weighted by molar-refractivity contribution is -0.143. The molecule has 0 fully saturated rings. The molecule has 0 radical (unpaired) electrons. The molecule has 0 rings (SSSR count). The van der Waals surface area contributed by atoms with Gasteiger partial charge in [-0.2, -0.15) is 5.26 Å². The third-order valence-electron chi connectivity index (χ3n) is 2.01. The van der Waals surface area contributed by atoms with Crippen molar-refractivity contribution in [2.75, 3.05) is 12.4 Å². The lowest BCUT2D eigenvalue weighted by Gasteiger charge is -2.13. The van der Waals surface area contributed by atoms with Crippen molar-refractivity contribution in [1.29, 1.82) is 5.26 Å². The average Bonchev–Trinajstić information content (AvgIpc) is 2.24. The number of carbonyl (C=O) groups is 1. The minimum Gasteiger partial charge on any atom is -0.465 e. The van der Waals surface area contributed by atoms with Gasteiger partial charge < -0.3 is 4.74 Å². The summed E-state index contributed by atoms with van der Waals surface area (Å²) in [6.07, 6.45) is 0.733. The maximum atomic E-state index is 11.7. The Balaban J connectivity index is 4.59. The number of nitrogens with zero attached hydrogens (tertiary/aromatic N) is 1. The maximum absolute atomic E-state index is 11.7. The summed E-state index contributed by atoms with van der Waals surface area (Å²) in [7, 11) is -3.56. The normalized spacial score (nSPS) is 12.8. The van der Waals surface area contributed by atoms with Crippen LogP contribution in [0.5, 0.6) is 0 Å². The molecule has 16 heavy (non-hydrogen) atoms. The first kappa shape index (κ1) is 14.9. The fourth-order valence-corrected chi connectivity index (χ4v) is 2.72. The highest BCUT2D eigenvalue weighted by atomic mass is 32.2. The fourth-order valence-electron chi connectivity index (χ4n) is 1.19. The lowest BCUT2D eigenvalue weighted by Crippen LogP contribution is -2.33. The molecule has 0 aliphatic carbocycles. The second-order valence-electron chi connectivity index (χ2n) is 3.34. The number of esters is 1. The molecule has 1 atom stereocenters. The molecule has 0 N–H and O–H groups in total. The summed E-state index contributed by atoms with van der Waals surface area (Å²) in [5.74, 6) is -0.995. The quantitative estimate of drug-likeness (QED) is 0.628. The average molecular weight is 247 g/mol. The van der Waals surface area contributed by atoms with Gasteiger partial charge in [0, 0.05) is 6.42 Å². The van der Waals surface area contributed by atoms with Crippen molar-refractivity contribution in [2.45, 2.75) is 38.4 Å². The standard InChI is InChI=1S/C10H17NO4S/c1-3-7-15-10(12)9(4-2)16(13,14)8-5-6-11/h9H,3-5,7-8H2,1-2H3. The molecular weight excluding hydrogens is 230 g/mol. The van der Waals surface area contributed by atoms with E-state index in [9.17, 15) is 13.2 Å². The van der Waals surface area contributed by atoms with E-state index in [0.29, 0.717) is 6.42 Å². The van der Waals surface area contributed by atoms with Crippen molar-refractivity contribution in [3.8, 4) is 6.07 Å². The highest BCUT2D eigenvalue weighted by Gasteiger charge is 2.31. The highest BCUT2D eigenvalue weighted by Crippen LogP contribution is 2.10. The van der Waals surface area contributed by atoms with E-state index in [1.807, 2.05) is 6.92 Å². The summed E-state index contributed by atoms with van der Waals surface area (Å²) >= 11 is 0. The first-order chi connectivity index (χ1) is 7.49. The van der Waals surface area contributed by atoms with E-state index < -0.39 is 21.1 Å². The van der Waals surface area contributed by atoms with E-state index in [0.717, 1.165) is 0 Å². The number of sulfone groups is 1. The van der Waals surface area contributed by atoms with E-state index in [2.05, 4.69) is 0 Å². The van der Waals surface area contributed by atoms with Crippen LogP contribution in [0.15, 0.2) is 0 Å². The summed E-state index contributed by atoms with van der Waals surface area (Å²) in [6.45, 7) is 3.67. The number of ether oxygens (including phenoxy) is 1. The van der Waals surface area contributed by atoms with Crippen molar-refractivity contribution in [2.24, 2.45) is 0 Å². The number of rotatable bonds is 7. The van der Waals surface area contributed by atoms with Gasteiger partial charge in [0.1, 0.15) is 0 Å². The second kappa shape index (κ2) is 7.23. The van der Waals surface area contributed by atoms with Gasteiger partial charge in [-0.05, 0) is 12.8 Å². The summed E-state index contributed by atoms with van der Waals surface area (Å²) in [6, 6.07) is 1.75. The third kappa shape index (κ3) is 4.62. The SMILES string of the molecule is CCCOC(=O)C(CC)S(=O)(=O)CCC#N. The molecule has 0 aromatic heterocycles. The molecule has 0 amide bonds. The lowest BCUT2D eigenvalue weighted by atomic mass is 10.3. The maximum Gasteiger partial charge on any atom is 0.324 e. The summed E-state index contributed by atoms with van der Waals surface area (Å²) < 4.78 is 28.2. The molecule has 92 valence electrons. The molecular formula is C10H17NO4S. The van der Waals surface area contributed by atoms with Crippen LogP contribution in [0.25, 0.3) is 0 Å². The van der Waals surface area contributed by atoms with Crippen LogP contribution in [0.4, 0.5) is 0 Å². The Kier molecular flexibility index (Phi) is 6.74. The molecule has 0 bridgehead atoms. The minimum absolute atomic E-state index is 0.0973. The molecule has 6 heteroatoms. The van der Waals surface area contributed by atoms with Gasteiger partial charge >= 0.3 is 5.97 Å². The molecule has 0 aromatic carbocycles. The monoisotopic (exact) mass is 247 g/mol. The molecule has 0 aliphatic heterocycles. The van der Waals surface area contributed by atoms with Crippen LogP contribution in [-0.2, 0) is 19.4 Å². The number of nitriles is 1. The molecule has 1 unspecified atom stereocenters. The van der Waals surface area contributed by atoms with E-state index >= 15 is 0 Å². The zero-order valence-electron chi connectivity index (χ0n) is 9.60. The second-order valence-corrected chi connectivity index (χ2v) is 5.64. The largest absolute Gasteiger partial charge is 0.465 e. The first-order valence-corrected chi connectivity index (χ1v) is 6.96. The minimum atomic E-state index is -3.56. The molecule has 0 aliphatic rings. The van der Waals surface area contributed by atoms with Gasteiger partial charge in [-0.3, -0.25) is 4.79 Å². The van der Waals surface area contributed by atoms with E-state index in [1.54, 1.807) is 13.0 Å². The van der Waals surface area contributed by atoms with Gasteiger partial charge in [0.2, 0.25) is 0 Å². The van der Waals surface area contributed by atoms with Crippen LogP contribution >= 0.6 is 0 Å². The third-order valence-corrected chi connectivity index (χ3v) is 4.18. The van der Waals surface area contributed by atoms with Gasteiger partial charge in [0.25, 0.3) is 0 Å². The van der Waals surface area contributed by atoms with Crippen LogP contribution in [0.3, 0.4) is 0 Å². The van der Waals surface area contributed by atoms with Gasteiger partial charge in [-0.1, -0.05) is 13.8 Å². The summed E-state index contributed by atoms with van der Waals surface area (Å²) in [5, 5.41) is 7.20.